The monoisotopic (exact) mass is 280 g/mol. The van der Waals surface area contributed by atoms with Crippen LogP contribution in [0, 0.1) is 0 Å². The van der Waals surface area contributed by atoms with Crippen LogP contribution >= 0.6 is 0 Å². The van der Waals surface area contributed by atoms with Gasteiger partial charge < -0.3 is 20.1 Å². The summed E-state index contributed by atoms with van der Waals surface area (Å²) in [4.78, 5) is 24.7. The molecule has 0 atom stereocenters. The first-order valence-electron chi connectivity index (χ1n) is 6.48. The molecule has 6 nitrogen and oxygen atoms in total. The van der Waals surface area contributed by atoms with Crippen LogP contribution in [0.1, 0.15) is 13.8 Å². The van der Waals surface area contributed by atoms with Gasteiger partial charge in [-0.05, 0) is 38.1 Å². The molecule has 0 bridgehead atoms. The molecule has 0 heterocycles. The van der Waals surface area contributed by atoms with Crippen LogP contribution < -0.4 is 10.5 Å². The van der Waals surface area contributed by atoms with Crippen molar-refractivity contribution in [3.8, 4) is 5.75 Å². The summed E-state index contributed by atoms with van der Waals surface area (Å²) in [6.45, 7) is 4.42. The number of hydrogen-bond acceptors (Lipinski definition) is 5. The minimum Gasteiger partial charge on any atom is -0.482 e. The minimum atomic E-state index is -0.581. The standard InChI is InChI=1S/C14H20N2O4/c1-3-16(4-2)13(17)9-20-14(18)10-19-12-7-5-11(15)6-8-12/h5-8H,3-4,9-10,15H2,1-2H3. The average Bonchev–Trinajstić information content (AvgIpc) is 2.45. The van der Waals surface area contributed by atoms with Gasteiger partial charge in [0.2, 0.25) is 0 Å². The highest BCUT2D eigenvalue weighted by atomic mass is 16.6. The number of amides is 1. The third-order valence-corrected chi connectivity index (χ3v) is 2.71. The molecule has 0 unspecified atom stereocenters. The van der Waals surface area contributed by atoms with Crippen molar-refractivity contribution in [3.63, 3.8) is 0 Å². The molecule has 1 aromatic carbocycles. The lowest BCUT2D eigenvalue weighted by atomic mass is 10.3. The molecule has 0 aromatic heterocycles. The highest BCUT2D eigenvalue weighted by Gasteiger charge is 2.12. The van der Waals surface area contributed by atoms with Gasteiger partial charge in [-0.15, -0.1) is 0 Å². The second kappa shape index (κ2) is 8.04. The van der Waals surface area contributed by atoms with Crippen molar-refractivity contribution in [3.05, 3.63) is 24.3 Å². The Kier molecular flexibility index (Phi) is 6.36. The van der Waals surface area contributed by atoms with Crippen molar-refractivity contribution in [1.29, 1.82) is 0 Å². The molecule has 0 spiro atoms. The lowest BCUT2D eigenvalue weighted by molar-refractivity contribution is -0.153. The maximum absolute atomic E-state index is 11.6. The zero-order valence-electron chi connectivity index (χ0n) is 11.8. The first-order valence-corrected chi connectivity index (χ1v) is 6.48. The van der Waals surface area contributed by atoms with E-state index in [2.05, 4.69) is 0 Å². The van der Waals surface area contributed by atoms with Crippen LogP contribution in [0.5, 0.6) is 5.75 Å². The van der Waals surface area contributed by atoms with Crippen LogP contribution in [0.4, 0.5) is 5.69 Å². The maximum atomic E-state index is 11.6. The molecular formula is C14H20N2O4. The van der Waals surface area contributed by atoms with Gasteiger partial charge >= 0.3 is 5.97 Å². The normalized spacial score (nSPS) is 9.90. The van der Waals surface area contributed by atoms with Crippen LogP contribution in [0.15, 0.2) is 24.3 Å². The Labute approximate surface area is 118 Å². The molecule has 0 fully saturated rings. The summed E-state index contributed by atoms with van der Waals surface area (Å²) >= 11 is 0. The minimum absolute atomic E-state index is 0.212. The van der Waals surface area contributed by atoms with E-state index >= 15 is 0 Å². The zero-order valence-corrected chi connectivity index (χ0v) is 11.8. The van der Waals surface area contributed by atoms with Crippen molar-refractivity contribution >= 4 is 17.6 Å². The summed E-state index contributed by atoms with van der Waals surface area (Å²) < 4.78 is 10.1. The number of carbonyl (C=O) groups is 2. The quantitative estimate of drug-likeness (QED) is 0.596. The van der Waals surface area contributed by atoms with E-state index in [-0.39, 0.29) is 19.1 Å². The number of nitrogens with two attached hydrogens (primary N) is 1. The van der Waals surface area contributed by atoms with Gasteiger partial charge in [-0.3, -0.25) is 4.79 Å². The Bertz CT molecular complexity index is 441. The number of nitrogens with zero attached hydrogens (tertiary/aromatic N) is 1. The second-order valence-electron chi connectivity index (χ2n) is 4.08. The molecule has 1 rings (SSSR count). The van der Waals surface area contributed by atoms with Crippen molar-refractivity contribution in [2.75, 3.05) is 32.0 Å². The van der Waals surface area contributed by atoms with Crippen LogP contribution in [-0.2, 0) is 14.3 Å². The second-order valence-corrected chi connectivity index (χ2v) is 4.08. The Morgan fingerprint density at radius 2 is 1.70 bits per heavy atom. The van der Waals surface area contributed by atoms with Gasteiger partial charge in [0.25, 0.3) is 5.91 Å². The number of ether oxygens (including phenoxy) is 2. The molecule has 0 saturated heterocycles. The SMILES string of the molecule is CCN(CC)C(=O)COC(=O)COc1ccc(N)cc1. The van der Waals surface area contributed by atoms with Crippen molar-refractivity contribution < 1.29 is 19.1 Å². The van der Waals surface area contributed by atoms with Crippen LogP contribution in [0.2, 0.25) is 0 Å². The van der Waals surface area contributed by atoms with E-state index in [4.69, 9.17) is 15.2 Å². The summed E-state index contributed by atoms with van der Waals surface area (Å²) in [6.07, 6.45) is 0. The number of benzene rings is 1. The fourth-order valence-corrected chi connectivity index (χ4v) is 1.56. The summed E-state index contributed by atoms with van der Waals surface area (Å²) in [7, 11) is 0. The van der Waals surface area contributed by atoms with Crippen molar-refractivity contribution in [2.24, 2.45) is 0 Å². The first kappa shape index (κ1) is 15.8. The van der Waals surface area contributed by atoms with Crippen molar-refractivity contribution in [1.82, 2.24) is 4.90 Å². The molecule has 0 aliphatic carbocycles. The van der Waals surface area contributed by atoms with E-state index in [1.807, 2.05) is 13.8 Å². The van der Waals surface area contributed by atoms with Gasteiger partial charge in [0.05, 0.1) is 0 Å². The smallest absolute Gasteiger partial charge is 0.344 e. The van der Waals surface area contributed by atoms with E-state index in [1.54, 1.807) is 29.2 Å². The van der Waals surface area contributed by atoms with Gasteiger partial charge in [-0.1, -0.05) is 0 Å². The lowest BCUT2D eigenvalue weighted by Crippen LogP contribution is -2.34. The van der Waals surface area contributed by atoms with Gasteiger partial charge in [0.1, 0.15) is 5.75 Å². The van der Waals surface area contributed by atoms with Gasteiger partial charge in [0.15, 0.2) is 13.2 Å². The van der Waals surface area contributed by atoms with Gasteiger partial charge in [-0.2, -0.15) is 0 Å². The molecule has 1 amide bonds. The number of likely N-dealkylation sites (N-methyl/N-ethyl adjacent to an activating group) is 1. The summed E-state index contributed by atoms with van der Waals surface area (Å²) in [5.41, 5.74) is 6.14. The molecule has 2 N–H and O–H groups in total. The third kappa shape index (κ3) is 5.17. The number of anilines is 1. The molecule has 0 aliphatic heterocycles. The summed E-state index contributed by atoms with van der Waals surface area (Å²) in [5.74, 6) is -0.274. The third-order valence-electron chi connectivity index (χ3n) is 2.71. The number of esters is 1. The Morgan fingerprint density at radius 3 is 2.25 bits per heavy atom. The van der Waals surface area contributed by atoms with Gasteiger partial charge in [0, 0.05) is 18.8 Å². The molecule has 0 saturated carbocycles. The predicted octanol–water partition coefficient (Wildman–Crippen LogP) is 1.06. The molecule has 1 aromatic rings. The Morgan fingerprint density at radius 1 is 1.10 bits per heavy atom. The Balaban J connectivity index is 2.30. The fourth-order valence-electron chi connectivity index (χ4n) is 1.56. The number of hydrogen-bond donors (Lipinski definition) is 1. The van der Waals surface area contributed by atoms with Gasteiger partial charge in [-0.25, -0.2) is 4.79 Å². The highest BCUT2D eigenvalue weighted by molar-refractivity contribution is 5.81. The number of nitrogen functional groups attached to an aromatic ring is 1. The molecule has 0 aliphatic rings. The number of carbonyl (C=O) groups excluding carboxylic acids is 2. The number of rotatable bonds is 7. The Hall–Kier alpha value is -2.24. The topological polar surface area (TPSA) is 81.9 Å². The van der Waals surface area contributed by atoms with Crippen LogP contribution in [0.3, 0.4) is 0 Å². The van der Waals surface area contributed by atoms with E-state index in [1.165, 1.54) is 0 Å². The van der Waals surface area contributed by atoms with E-state index in [0.29, 0.717) is 24.5 Å². The lowest BCUT2D eigenvalue weighted by Gasteiger charge is -2.18. The fraction of sp³-hybridized carbons (Fsp3) is 0.429. The van der Waals surface area contributed by atoms with E-state index in [0.717, 1.165) is 0 Å². The first-order chi connectivity index (χ1) is 9.56. The maximum Gasteiger partial charge on any atom is 0.344 e. The predicted molar refractivity (Wildman–Crippen MR) is 75.2 cm³/mol. The molecule has 20 heavy (non-hydrogen) atoms. The molecule has 0 radical (unpaired) electrons. The summed E-state index contributed by atoms with van der Waals surface area (Å²) in [5, 5.41) is 0. The van der Waals surface area contributed by atoms with E-state index < -0.39 is 5.97 Å². The van der Waals surface area contributed by atoms with Crippen molar-refractivity contribution in [2.45, 2.75) is 13.8 Å². The summed E-state index contributed by atoms with van der Waals surface area (Å²) in [6, 6.07) is 6.66. The zero-order chi connectivity index (χ0) is 15.0. The van der Waals surface area contributed by atoms with Crippen LogP contribution in [-0.4, -0.2) is 43.1 Å². The molecular weight excluding hydrogens is 260 g/mol. The average molecular weight is 280 g/mol. The van der Waals surface area contributed by atoms with E-state index in [9.17, 15) is 9.59 Å². The molecule has 110 valence electrons. The highest BCUT2D eigenvalue weighted by Crippen LogP contribution is 2.12. The molecule has 6 heteroatoms. The van der Waals surface area contributed by atoms with Crippen LogP contribution in [0.25, 0.3) is 0 Å². The largest absolute Gasteiger partial charge is 0.482 e.